The van der Waals surface area contributed by atoms with Gasteiger partial charge < -0.3 is 20.4 Å². The Bertz CT molecular complexity index is 603. The topological polar surface area (TPSA) is 67.1 Å². The van der Waals surface area contributed by atoms with Crippen molar-refractivity contribution in [3.8, 4) is 0 Å². The molecule has 6 nitrogen and oxygen atoms in total. The highest BCUT2D eigenvalue weighted by Crippen LogP contribution is 2.24. The Morgan fingerprint density at radius 3 is 2.54 bits per heavy atom. The maximum atomic E-state index is 12.6. The lowest BCUT2D eigenvalue weighted by molar-refractivity contribution is -1.01. The summed E-state index contributed by atoms with van der Waals surface area (Å²) >= 11 is 1.63. The van der Waals surface area contributed by atoms with Crippen LogP contribution in [0.4, 0.5) is 5.69 Å². The van der Waals surface area contributed by atoms with Crippen LogP contribution in [0, 0.1) is 0 Å². The van der Waals surface area contributed by atoms with Crippen molar-refractivity contribution in [2.24, 2.45) is 0 Å². The van der Waals surface area contributed by atoms with Crippen molar-refractivity contribution in [3.63, 3.8) is 0 Å². The van der Waals surface area contributed by atoms with Crippen LogP contribution in [0.25, 0.3) is 0 Å². The number of carbonyl (C=O) groups is 2. The van der Waals surface area contributed by atoms with E-state index in [1.54, 1.807) is 11.8 Å². The number of quaternary nitrogens is 2. The molecule has 26 heavy (non-hydrogen) atoms. The van der Waals surface area contributed by atoms with E-state index in [1.807, 2.05) is 37.4 Å². The van der Waals surface area contributed by atoms with Crippen molar-refractivity contribution >= 4 is 29.3 Å². The number of hydrogen-bond donors (Lipinski definition) is 4. The molecule has 4 N–H and O–H groups in total. The molecular formula is C19H32N4O2S+2. The molecule has 144 valence electrons. The van der Waals surface area contributed by atoms with Crippen LogP contribution in [0.5, 0.6) is 0 Å². The minimum Gasteiger partial charge on any atom is -0.351 e. The summed E-state index contributed by atoms with van der Waals surface area (Å²) in [4.78, 5) is 28.2. The van der Waals surface area contributed by atoms with Crippen molar-refractivity contribution in [1.29, 1.82) is 0 Å². The third kappa shape index (κ3) is 6.00. The molecule has 0 aromatic heterocycles. The molecule has 1 saturated heterocycles. The lowest BCUT2D eigenvalue weighted by atomic mass is 10.2. The standard InChI is InChI=1S/C19H30N4O2S/c1-4-9-20-18(24)14-22-10-12-23(13-11-22)15(2)19(25)21-16-7-5-6-8-17(16)26-3/h5-8,15H,4,9-14H2,1-3H3,(H,20,24)(H,21,25)/p+2/t15-/m0/s1. The Kier molecular flexibility index (Phi) is 8.41. The number of anilines is 1. The first-order valence-electron chi connectivity index (χ1n) is 9.43. The van der Waals surface area contributed by atoms with Gasteiger partial charge >= 0.3 is 0 Å². The van der Waals surface area contributed by atoms with Crippen LogP contribution in [0.3, 0.4) is 0 Å². The van der Waals surface area contributed by atoms with E-state index in [0.717, 1.165) is 49.7 Å². The first kappa shape index (κ1) is 20.7. The van der Waals surface area contributed by atoms with E-state index in [-0.39, 0.29) is 17.9 Å². The van der Waals surface area contributed by atoms with Crippen molar-refractivity contribution in [3.05, 3.63) is 24.3 Å². The van der Waals surface area contributed by atoms with E-state index in [2.05, 4.69) is 17.6 Å². The highest BCUT2D eigenvalue weighted by atomic mass is 32.2. The van der Waals surface area contributed by atoms with Gasteiger partial charge in [0, 0.05) is 11.4 Å². The van der Waals surface area contributed by atoms with Crippen molar-refractivity contribution in [2.45, 2.75) is 31.2 Å². The fourth-order valence-corrected chi connectivity index (χ4v) is 3.82. The molecule has 0 unspecified atom stereocenters. The number of rotatable bonds is 8. The maximum absolute atomic E-state index is 12.6. The van der Waals surface area contributed by atoms with Crippen LogP contribution in [-0.4, -0.2) is 63.4 Å². The van der Waals surface area contributed by atoms with Gasteiger partial charge in [-0.05, 0) is 31.7 Å². The van der Waals surface area contributed by atoms with Gasteiger partial charge in [0.1, 0.15) is 26.2 Å². The highest BCUT2D eigenvalue weighted by Gasteiger charge is 2.31. The van der Waals surface area contributed by atoms with Crippen LogP contribution in [0.15, 0.2) is 29.2 Å². The number of nitrogens with one attached hydrogen (secondary N) is 4. The summed E-state index contributed by atoms with van der Waals surface area (Å²) in [5.74, 6) is 0.190. The smallest absolute Gasteiger partial charge is 0.282 e. The molecule has 0 saturated carbocycles. The number of benzene rings is 1. The monoisotopic (exact) mass is 380 g/mol. The Labute approximate surface area is 160 Å². The van der Waals surface area contributed by atoms with Gasteiger partial charge in [-0.2, -0.15) is 0 Å². The number of piperazine rings is 1. The third-order valence-electron chi connectivity index (χ3n) is 4.95. The second-order valence-electron chi connectivity index (χ2n) is 6.85. The number of amides is 2. The highest BCUT2D eigenvalue weighted by molar-refractivity contribution is 7.98. The Hall–Kier alpha value is -1.57. The van der Waals surface area contributed by atoms with Crippen molar-refractivity contribution < 1.29 is 19.4 Å². The van der Waals surface area contributed by atoms with E-state index in [4.69, 9.17) is 0 Å². The summed E-state index contributed by atoms with van der Waals surface area (Å²) in [6, 6.07) is 7.79. The van der Waals surface area contributed by atoms with Crippen molar-refractivity contribution in [2.75, 3.05) is 50.8 Å². The molecule has 1 aromatic rings. The average Bonchev–Trinajstić information content (AvgIpc) is 2.66. The number of hydrogen-bond acceptors (Lipinski definition) is 3. The summed E-state index contributed by atoms with van der Waals surface area (Å²) in [5, 5.41) is 6.01. The Balaban J connectivity index is 1.81. The molecule has 2 rings (SSSR count). The number of para-hydroxylation sites is 1. The van der Waals surface area contributed by atoms with E-state index in [1.165, 1.54) is 9.80 Å². The minimum absolute atomic E-state index is 0.0608. The summed E-state index contributed by atoms with van der Waals surface area (Å²) in [5.41, 5.74) is 0.883. The molecule has 1 fully saturated rings. The van der Waals surface area contributed by atoms with Gasteiger partial charge in [0.25, 0.3) is 11.8 Å². The molecule has 0 aliphatic carbocycles. The average molecular weight is 381 g/mol. The van der Waals surface area contributed by atoms with Crippen molar-refractivity contribution in [1.82, 2.24) is 5.32 Å². The quantitative estimate of drug-likeness (QED) is 0.440. The summed E-state index contributed by atoms with van der Waals surface area (Å²) < 4.78 is 0. The zero-order valence-corrected chi connectivity index (χ0v) is 16.9. The molecule has 7 heteroatoms. The van der Waals surface area contributed by atoms with Crippen LogP contribution >= 0.6 is 11.8 Å². The lowest BCUT2D eigenvalue weighted by Gasteiger charge is -2.32. The predicted molar refractivity (Wildman–Crippen MR) is 106 cm³/mol. The Morgan fingerprint density at radius 2 is 1.88 bits per heavy atom. The van der Waals surface area contributed by atoms with Gasteiger partial charge in [0.15, 0.2) is 12.6 Å². The third-order valence-corrected chi connectivity index (χ3v) is 5.75. The zero-order valence-electron chi connectivity index (χ0n) is 16.1. The second kappa shape index (κ2) is 10.5. The summed E-state index contributed by atoms with van der Waals surface area (Å²) in [7, 11) is 0. The summed E-state index contributed by atoms with van der Waals surface area (Å²) in [6.07, 6.45) is 2.98. The van der Waals surface area contributed by atoms with Gasteiger partial charge in [-0.3, -0.25) is 9.59 Å². The molecule has 0 radical (unpaired) electrons. The second-order valence-corrected chi connectivity index (χ2v) is 7.69. The van der Waals surface area contributed by atoms with E-state index < -0.39 is 0 Å². The molecule has 0 bridgehead atoms. The van der Waals surface area contributed by atoms with Crippen LogP contribution < -0.4 is 20.4 Å². The molecule has 1 aromatic carbocycles. The fraction of sp³-hybridized carbons (Fsp3) is 0.579. The van der Waals surface area contributed by atoms with E-state index in [0.29, 0.717) is 6.54 Å². The maximum Gasteiger partial charge on any atom is 0.282 e. The molecular weight excluding hydrogens is 348 g/mol. The van der Waals surface area contributed by atoms with E-state index in [9.17, 15) is 9.59 Å². The van der Waals surface area contributed by atoms with Gasteiger partial charge in [-0.15, -0.1) is 11.8 Å². The van der Waals surface area contributed by atoms with E-state index >= 15 is 0 Å². The Morgan fingerprint density at radius 1 is 1.19 bits per heavy atom. The first-order valence-corrected chi connectivity index (χ1v) is 10.7. The van der Waals surface area contributed by atoms with Crippen LogP contribution in [0.2, 0.25) is 0 Å². The molecule has 0 spiro atoms. The normalized spacial score (nSPS) is 21.0. The van der Waals surface area contributed by atoms with Gasteiger partial charge in [-0.1, -0.05) is 19.1 Å². The molecule has 1 aliphatic rings. The first-order chi connectivity index (χ1) is 12.5. The SMILES string of the molecule is CCCNC(=O)C[NH+]1CC[NH+]([C@@H](C)C(=O)Nc2ccccc2SC)CC1. The number of thioether (sulfide) groups is 1. The number of carbonyl (C=O) groups excluding carboxylic acids is 2. The molecule has 1 aliphatic heterocycles. The van der Waals surface area contributed by atoms with Crippen LogP contribution in [0.1, 0.15) is 20.3 Å². The molecule has 1 heterocycles. The van der Waals surface area contributed by atoms with Gasteiger partial charge in [0.05, 0.1) is 5.69 Å². The minimum atomic E-state index is -0.0969. The van der Waals surface area contributed by atoms with Gasteiger partial charge in [-0.25, -0.2) is 0 Å². The summed E-state index contributed by atoms with van der Waals surface area (Å²) in [6.45, 7) is 9.00. The van der Waals surface area contributed by atoms with Crippen LogP contribution in [-0.2, 0) is 9.59 Å². The largest absolute Gasteiger partial charge is 0.351 e. The lowest BCUT2D eigenvalue weighted by Crippen LogP contribution is -3.30. The van der Waals surface area contributed by atoms with Gasteiger partial charge in [0.2, 0.25) is 0 Å². The molecule has 2 amide bonds. The predicted octanol–water partition coefficient (Wildman–Crippen LogP) is -0.955. The molecule has 1 atom stereocenters. The fourth-order valence-electron chi connectivity index (χ4n) is 3.26. The zero-order chi connectivity index (χ0) is 18.9.